The summed E-state index contributed by atoms with van der Waals surface area (Å²) in [5.74, 6) is 0.400. The number of hydrogen-bond acceptors (Lipinski definition) is 5. The molecule has 8 heteroatoms. The summed E-state index contributed by atoms with van der Waals surface area (Å²) in [6.45, 7) is 0.591. The van der Waals surface area contributed by atoms with Gasteiger partial charge in [-0.3, -0.25) is 4.79 Å². The molecule has 0 aliphatic heterocycles. The van der Waals surface area contributed by atoms with Crippen LogP contribution in [-0.4, -0.2) is 32.5 Å². The molecule has 162 valence electrons. The average Bonchev–Trinajstić information content (AvgIpc) is 3.31. The van der Waals surface area contributed by atoms with Crippen LogP contribution in [0.1, 0.15) is 16.9 Å². The van der Waals surface area contributed by atoms with Crippen molar-refractivity contribution in [1.82, 2.24) is 9.62 Å². The highest BCUT2D eigenvalue weighted by Crippen LogP contribution is 2.16. The molecule has 2 aromatic carbocycles. The van der Waals surface area contributed by atoms with Crippen molar-refractivity contribution in [2.75, 3.05) is 13.3 Å². The van der Waals surface area contributed by atoms with Gasteiger partial charge in [-0.15, -0.1) is 11.8 Å². The minimum Gasteiger partial charge on any atom is -0.468 e. The Labute approximate surface area is 187 Å². The quantitative estimate of drug-likeness (QED) is 0.386. The number of rotatable bonds is 9. The SMILES string of the molecule is CSc1ccc(CN(C)C(=O)/C=C/c2ccc(S(=O)(=O)NCc3ccco3)cc2)cc1. The Morgan fingerprint density at radius 1 is 1.10 bits per heavy atom. The molecule has 1 heterocycles. The van der Waals surface area contributed by atoms with E-state index in [0.29, 0.717) is 12.3 Å². The Hall–Kier alpha value is -2.81. The van der Waals surface area contributed by atoms with Crippen molar-refractivity contribution in [3.63, 3.8) is 0 Å². The molecule has 6 nitrogen and oxygen atoms in total. The van der Waals surface area contributed by atoms with Gasteiger partial charge in [-0.05, 0) is 59.9 Å². The molecule has 3 aromatic rings. The first kappa shape index (κ1) is 22.9. The molecule has 1 N–H and O–H groups in total. The Morgan fingerprint density at radius 2 is 1.81 bits per heavy atom. The van der Waals surface area contributed by atoms with Crippen molar-refractivity contribution in [2.45, 2.75) is 22.9 Å². The number of carbonyl (C=O) groups is 1. The molecule has 0 bridgehead atoms. The topological polar surface area (TPSA) is 79.6 Å². The maximum atomic E-state index is 12.4. The van der Waals surface area contributed by atoms with Crippen LogP contribution in [0.4, 0.5) is 0 Å². The van der Waals surface area contributed by atoms with Gasteiger partial charge in [0, 0.05) is 24.6 Å². The van der Waals surface area contributed by atoms with Gasteiger partial charge in [0.05, 0.1) is 17.7 Å². The summed E-state index contributed by atoms with van der Waals surface area (Å²) in [6.07, 6.45) is 6.66. The molecule has 0 saturated carbocycles. The predicted molar refractivity (Wildman–Crippen MR) is 123 cm³/mol. The summed E-state index contributed by atoms with van der Waals surface area (Å²) in [5, 5.41) is 0. The smallest absolute Gasteiger partial charge is 0.246 e. The van der Waals surface area contributed by atoms with Crippen LogP contribution in [0.15, 0.2) is 87.2 Å². The molecule has 3 rings (SSSR count). The summed E-state index contributed by atoms with van der Waals surface area (Å²) < 4.78 is 32.4. The molecule has 0 saturated heterocycles. The number of thioether (sulfide) groups is 1. The van der Waals surface area contributed by atoms with Gasteiger partial charge in [-0.1, -0.05) is 24.3 Å². The van der Waals surface area contributed by atoms with E-state index in [2.05, 4.69) is 4.72 Å². The van der Waals surface area contributed by atoms with Crippen LogP contribution < -0.4 is 4.72 Å². The number of nitrogens with zero attached hydrogens (tertiary/aromatic N) is 1. The second kappa shape index (κ2) is 10.5. The molecule has 0 aliphatic carbocycles. The van der Waals surface area contributed by atoms with E-state index in [1.54, 1.807) is 54.1 Å². The Kier molecular flexibility index (Phi) is 7.73. The number of nitrogens with one attached hydrogen (secondary N) is 1. The maximum absolute atomic E-state index is 12.4. The fourth-order valence-corrected chi connectivity index (χ4v) is 4.20. The Morgan fingerprint density at radius 3 is 2.42 bits per heavy atom. The van der Waals surface area contributed by atoms with Gasteiger partial charge in [0.2, 0.25) is 15.9 Å². The van der Waals surface area contributed by atoms with E-state index in [0.717, 1.165) is 11.1 Å². The van der Waals surface area contributed by atoms with Gasteiger partial charge in [-0.25, -0.2) is 13.1 Å². The van der Waals surface area contributed by atoms with Gasteiger partial charge in [0.15, 0.2) is 0 Å². The van der Waals surface area contributed by atoms with Crippen LogP contribution in [0.3, 0.4) is 0 Å². The van der Waals surface area contributed by atoms with Crippen LogP contribution in [0, 0.1) is 0 Å². The lowest BCUT2D eigenvalue weighted by molar-refractivity contribution is -0.125. The highest BCUT2D eigenvalue weighted by atomic mass is 32.2. The van der Waals surface area contributed by atoms with Crippen LogP contribution in [-0.2, 0) is 27.9 Å². The van der Waals surface area contributed by atoms with Crippen molar-refractivity contribution >= 4 is 33.8 Å². The first-order valence-electron chi connectivity index (χ1n) is 9.55. The van der Waals surface area contributed by atoms with Crippen LogP contribution >= 0.6 is 11.8 Å². The van der Waals surface area contributed by atoms with E-state index >= 15 is 0 Å². The normalized spacial score (nSPS) is 11.7. The second-order valence-corrected chi connectivity index (χ2v) is 9.50. The predicted octanol–water partition coefficient (Wildman–Crippen LogP) is 4.15. The number of amides is 1. The number of furan rings is 1. The molecule has 0 unspecified atom stereocenters. The molecule has 0 aliphatic rings. The third-order valence-electron chi connectivity index (χ3n) is 4.58. The number of sulfonamides is 1. The lowest BCUT2D eigenvalue weighted by atomic mass is 10.2. The summed E-state index contributed by atoms with van der Waals surface area (Å²) >= 11 is 1.68. The second-order valence-electron chi connectivity index (χ2n) is 6.85. The molecule has 1 amide bonds. The zero-order valence-electron chi connectivity index (χ0n) is 17.3. The van der Waals surface area contributed by atoms with Crippen molar-refractivity contribution in [1.29, 1.82) is 0 Å². The Balaban J connectivity index is 1.56. The number of likely N-dealkylation sites (N-methyl/N-ethyl adjacent to an activating group) is 1. The minimum absolute atomic E-state index is 0.0812. The monoisotopic (exact) mass is 456 g/mol. The number of carbonyl (C=O) groups excluding carboxylic acids is 1. The average molecular weight is 457 g/mol. The minimum atomic E-state index is -3.65. The van der Waals surface area contributed by atoms with Crippen molar-refractivity contribution in [3.05, 3.63) is 89.9 Å². The molecule has 0 radical (unpaired) electrons. The Bertz CT molecular complexity index is 1120. The summed E-state index contributed by atoms with van der Waals surface area (Å²) in [4.78, 5) is 15.3. The van der Waals surface area contributed by atoms with E-state index in [1.807, 2.05) is 30.5 Å². The third-order valence-corrected chi connectivity index (χ3v) is 6.74. The van der Waals surface area contributed by atoms with Crippen molar-refractivity contribution in [2.24, 2.45) is 0 Å². The summed E-state index contributed by atoms with van der Waals surface area (Å²) in [5.41, 5.74) is 1.79. The van der Waals surface area contributed by atoms with Crippen LogP contribution in [0.5, 0.6) is 0 Å². The van der Waals surface area contributed by atoms with Gasteiger partial charge >= 0.3 is 0 Å². The summed E-state index contributed by atoms with van der Waals surface area (Å²) in [7, 11) is -1.90. The maximum Gasteiger partial charge on any atom is 0.246 e. The zero-order chi connectivity index (χ0) is 22.3. The standard InChI is InChI=1S/C23H24N2O4S2/c1-25(17-19-5-10-21(30-2)11-6-19)23(26)14-9-18-7-12-22(13-8-18)31(27,28)24-16-20-4-3-15-29-20/h3-15,24H,16-17H2,1-2H3/b14-9+. The zero-order valence-corrected chi connectivity index (χ0v) is 18.9. The highest BCUT2D eigenvalue weighted by Gasteiger charge is 2.14. The van der Waals surface area contributed by atoms with E-state index in [4.69, 9.17) is 4.42 Å². The summed E-state index contributed by atoms with van der Waals surface area (Å²) in [6, 6.07) is 17.8. The van der Waals surface area contributed by atoms with Crippen molar-refractivity contribution in [3.8, 4) is 0 Å². The number of hydrogen-bond donors (Lipinski definition) is 1. The van der Waals surface area contributed by atoms with E-state index in [9.17, 15) is 13.2 Å². The lowest BCUT2D eigenvalue weighted by Gasteiger charge is -2.15. The fraction of sp³-hybridized carbons (Fsp3) is 0.174. The molecule has 0 spiro atoms. The first-order valence-corrected chi connectivity index (χ1v) is 12.3. The van der Waals surface area contributed by atoms with Gasteiger partial charge < -0.3 is 9.32 Å². The van der Waals surface area contributed by atoms with Gasteiger partial charge in [0.1, 0.15) is 5.76 Å². The molecular formula is C23H24N2O4S2. The van der Waals surface area contributed by atoms with Gasteiger partial charge in [-0.2, -0.15) is 0 Å². The molecule has 31 heavy (non-hydrogen) atoms. The third kappa shape index (κ3) is 6.58. The fourth-order valence-electron chi connectivity index (χ4n) is 2.80. The molecular weight excluding hydrogens is 432 g/mol. The van der Waals surface area contributed by atoms with Crippen molar-refractivity contribution < 1.29 is 17.6 Å². The number of benzene rings is 2. The van der Waals surface area contributed by atoms with E-state index in [-0.39, 0.29) is 17.3 Å². The first-order chi connectivity index (χ1) is 14.9. The van der Waals surface area contributed by atoms with Gasteiger partial charge in [0.25, 0.3) is 0 Å². The molecule has 0 atom stereocenters. The largest absolute Gasteiger partial charge is 0.468 e. The van der Waals surface area contributed by atoms with E-state index in [1.165, 1.54) is 29.4 Å². The van der Waals surface area contributed by atoms with Crippen LogP contribution in [0.2, 0.25) is 0 Å². The molecule has 1 aromatic heterocycles. The highest BCUT2D eigenvalue weighted by molar-refractivity contribution is 7.98. The van der Waals surface area contributed by atoms with Crippen LogP contribution in [0.25, 0.3) is 6.08 Å². The lowest BCUT2D eigenvalue weighted by Crippen LogP contribution is -2.24. The molecule has 0 fully saturated rings. The van der Waals surface area contributed by atoms with E-state index < -0.39 is 10.0 Å².